The fraction of sp³-hybridized carbons (Fsp3) is 0.348. The van der Waals surface area contributed by atoms with Gasteiger partial charge in [-0.1, -0.05) is 12.1 Å². The fourth-order valence-corrected chi connectivity index (χ4v) is 3.88. The minimum atomic E-state index is 0.271. The number of rotatable bonds is 7. The molecule has 3 N–H and O–H groups in total. The minimum absolute atomic E-state index is 0.271. The summed E-state index contributed by atoms with van der Waals surface area (Å²) in [6.07, 6.45) is 0. The Kier molecular flexibility index (Phi) is 5.83. The van der Waals surface area contributed by atoms with E-state index >= 15 is 0 Å². The second-order valence-corrected chi connectivity index (χ2v) is 7.53. The molecule has 152 valence electrons. The van der Waals surface area contributed by atoms with E-state index in [0.717, 1.165) is 41.6 Å². The zero-order chi connectivity index (χ0) is 20.2. The van der Waals surface area contributed by atoms with Crippen LogP contribution in [0.2, 0.25) is 0 Å². The van der Waals surface area contributed by atoms with E-state index in [2.05, 4.69) is 70.7 Å². The molecule has 1 fully saturated rings. The fourth-order valence-electron chi connectivity index (χ4n) is 3.88. The molecule has 0 spiro atoms. The molecule has 2 heterocycles. The summed E-state index contributed by atoms with van der Waals surface area (Å²) in [5.41, 5.74) is 12.4. The molecule has 0 amide bonds. The highest BCUT2D eigenvalue weighted by atomic mass is 16.5. The van der Waals surface area contributed by atoms with Crippen LogP contribution in [0.3, 0.4) is 0 Å². The van der Waals surface area contributed by atoms with Gasteiger partial charge in [0.25, 0.3) is 0 Å². The molecule has 1 saturated heterocycles. The molecule has 2 atom stereocenters. The molecule has 0 saturated carbocycles. The third-order valence-electron chi connectivity index (χ3n) is 5.33. The Bertz CT molecular complexity index is 933. The summed E-state index contributed by atoms with van der Waals surface area (Å²) in [6, 6.07) is 19.2. The Morgan fingerprint density at radius 2 is 1.86 bits per heavy atom. The van der Waals surface area contributed by atoms with Crippen LogP contribution in [-0.4, -0.2) is 29.5 Å². The monoisotopic (exact) mass is 391 g/mol. The zero-order valence-electron chi connectivity index (χ0n) is 17.3. The van der Waals surface area contributed by atoms with E-state index in [9.17, 15) is 0 Å². The first-order chi connectivity index (χ1) is 14.1. The lowest BCUT2D eigenvalue weighted by atomic mass is 9.95. The molecule has 1 aromatic heterocycles. The predicted molar refractivity (Wildman–Crippen MR) is 117 cm³/mol. The minimum Gasteiger partial charge on any atom is -0.494 e. The number of ether oxygens (including phenoxy) is 1. The highest BCUT2D eigenvalue weighted by Gasteiger charge is 2.28. The van der Waals surface area contributed by atoms with Gasteiger partial charge in [-0.3, -0.25) is 5.43 Å². The van der Waals surface area contributed by atoms with Gasteiger partial charge in [0.2, 0.25) is 0 Å². The van der Waals surface area contributed by atoms with Crippen molar-refractivity contribution in [3.05, 3.63) is 71.5 Å². The van der Waals surface area contributed by atoms with Crippen molar-refractivity contribution in [2.24, 2.45) is 5.92 Å². The van der Waals surface area contributed by atoms with Gasteiger partial charge in [-0.2, -0.15) is 5.10 Å². The lowest BCUT2D eigenvalue weighted by Crippen LogP contribution is -2.26. The maximum absolute atomic E-state index is 5.55. The topological polar surface area (TPSA) is 63.1 Å². The van der Waals surface area contributed by atoms with E-state index in [4.69, 9.17) is 4.74 Å². The van der Waals surface area contributed by atoms with Crippen LogP contribution in [0, 0.1) is 19.8 Å². The summed E-state index contributed by atoms with van der Waals surface area (Å²) in [6.45, 7) is 8.60. The number of hydrogen-bond acceptors (Lipinski definition) is 5. The summed E-state index contributed by atoms with van der Waals surface area (Å²) < 4.78 is 7.53. The lowest BCUT2D eigenvalue weighted by Gasteiger charge is -2.20. The molecular weight excluding hydrogens is 362 g/mol. The highest BCUT2D eigenvalue weighted by molar-refractivity contribution is 5.49. The molecule has 0 bridgehead atoms. The summed E-state index contributed by atoms with van der Waals surface area (Å²) >= 11 is 0. The van der Waals surface area contributed by atoms with Gasteiger partial charge in [-0.25, -0.2) is 10.1 Å². The summed E-state index contributed by atoms with van der Waals surface area (Å²) in [4.78, 5) is 0. The number of nitrogens with one attached hydrogen (secondary N) is 3. The van der Waals surface area contributed by atoms with Gasteiger partial charge in [-0.15, -0.1) is 0 Å². The third kappa shape index (κ3) is 4.44. The van der Waals surface area contributed by atoms with Gasteiger partial charge in [0.15, 0.2) is 0 Å². The van der Waals surface area contributed by atoms with E-state index in [1.165, 1.54) is 5.56 Å². The van der Waals surface area contributed by atoms with Crippen molar-refractivity contribution in [2.45, 2.75) is 26.8 Å². The molecule has 6 heteroatoms. The largest absolute Gasteiger partial charge is 0.494 e. The first-order valence-corrected chi connectivity index (χ1v) is 10.2. The molecule has 3 aromatic rings. The summed E-state index contributed by atoms with van der Waals surface area (Å²) in [7, 11) is 0. The van der Waals surface area contributed by atoms with Gasteiger partial charge in [-0.05, 0) is 68.8 Å². The standard InChI is InChI=1S/C23H29N5O/c1-4-29-22-11-5-18(6-12-22)23-19(15-25-26-23)14-24-20-7-9-21(10-8-20)28-17(3)13-16(2)27-28/h5-13,19,23-26H,4,14-15H2,1-3H3. The molecule has 2 unspecified atom stereocenters. The number of benzene rings is 2. The SMILES string of the molecule is CCOc1ccc(C2NNCC2CNc2ccc(-n3nc(C)cc3C)cc2)cc1. The highest BCUT2D eigenvalue weighted by Crippen LogP contribution is 2.27. The van der Waals surface area contributed by atoms with Crippen molar-refractivity contribution >= 4 is 5.69 Å². The average Bonchev–Trinajstić information content (AvgIpc) is 3.33. The van der Waals surface area contributed by atoms with Crippen LogP contribution in [0.15, 0.2) is 54.6 Å². The molecule has 4 rings (SSSR count). The van der Waals surface area contributed by atoms with Crippen molar-refractivity contribution in [3.8, 4) is 11.4 Å². The number of aryl methyl sites for hydroxylation is 2. The van der Waals surface area contributed by atoms with Crippen LogP contribution in [0.5, 0.6) is 5.75 Å². The van der Waals surface area contributed by atoms with Crippen LogP contribution in [0.25, 0.3) is 5.69 Å². The van der Waals surface area contributed by atoms with Crippen LogP contribution in [0.1, 0.15) is 29.9 Å². The first kappa shape index (κ1) is 19.5. The van der Waals surface area contributed by atoms with Crippen LogP contribution < -0.4 is 20.9 Å². The predicted octanol–water partition coefficient (Wildman–Crippen LogP) is 3.77. The van der Waals surface area contributed by atoms with E-state index in [1.807, 2.05) is 30.7 Å². The van der Waals surface area contributed by atoms with E-state index < -0.39 is 0 Å². The molecule has 0 aliphatic carbocycles. The molecule has 1 aliphatic heterocycles. The van der Waals surface area contributed by atoms with Crippen molar-refractivity contribution < 1.29 is 4.74 Å². The van der Waals surface area contributed by atoms with Gasteiger partial charge >= 0.3 is 0 Å². The Labute approximate surface area is 172 Å². The summed E-state index contributed by atoms with van der Waals surface area (Å²) in [5.74, 6) is 1.36. The smallest absolute Gasteiger partial charge is 0.119 e. The molecule has 6 nitrogen and oxygen atoms in total. The number of hydrogen-bond donors (Lipinski definition) is 3. The zero-order valence-corrected chi connectivity index (χ0v) is 17.3. The Morgan fingerprint density at radius 1 is 1.10 bits per heavy atom. The van der Waals surface area contributed by atoms with Crippen molar-refractivity contribution in [1.82, 2.24) is 20.6 Å². The van der Waals surface area contributed by atoms with Gasteiger partial charge in [0.05, 0.1) is 24.0 Å². The second-order valence-electron chi connectivity index (χ2n) is 7.53. The Morgan fingerprint density at radius 3 is 2.52 bits per heavy atom. The average molecular weight is 392 g/mol. The number of aromatic nitrogens is 2. The van der Waals surface area contributed by atoms with E-state index in [0.29, 0.717) is 12.5 Å². The second kappa shape index (κ2) is 8.68. The summed E-state index contributed by atoms with van der Waals surface area (Å²) in [5, 5.41) is 8.13. The Hall–Kier alpha value is -2.83. The maximum Gasteiger partial charge on any atom is 0.119 e. The van der Waals surface area contributed by atoms with Gasteiger partial charge in [0.1, 0.15) is 5.75 Å². The number of nitrogens with zero attached hydrogens (tertiary/aromatic N) is 2. The molecule has 1 aliphatic rings. The molecular formula is C23H29N5O. The van der Waals surface area contributed by atoms with Crippen LogP contribution in [0.4, 0.5) is 5.69 Å². The third-order valence-corrected chi connectivity index (χ3v) is 5.33. The molecule has 0 radical (unpaired) electrons. The quantitative estimate of drug-likeness (QED) is 0.572. The van der Waals surface area contributed by atoms with Crippen LogP contribution >= 0.6 is 0 Å². The van der Waals surface area contributed by atoms with Crippen molar-refractivity contribution in [3.63, 3.8) is 0 Å². The van der Waals surface area contributed by atoms with Gasteiger partial charge in [0, 0.05) is 30.4 Å². The number of anilines is 1. The van der Waals surface area contributed by atoms with Crippen LogP contribution in [-0.2, 0) is 0 Å². The maximum atomic E-state index is 5.55. The first-order valence-electron chi connectivity index (χ1n) is 10.2. The van der Waals surface area contributed by atoms with Gasteiger partial charge < -0.3 is 10.1 Å². The Balaban J connectivity index is 1.38. The van der Waals surface area contributed by atoms with Crippen molar-refractivity contribution in [2.75, 3.05) is 25.0 Å². The molecule has 29 heavy (non-hydrogen) atoms. The molecule has 2 aromatic carbocycles. The van der Waals surface area contributed by atoms with E-state index in [-0.39, 0.29) is 6.04 Å². The lowest BCUT2D eigenvalue weighted by molar-refractivity contribution is 0.340. The van der Waals surface area contributed by atoms with Crippen molar-refractivity contribution in [1.29, 1.82) is 0 Å². The normalized spacial score (nSPS) is 18.7. The number of hydrazine groups is 1. The van der Waals surface area contributed by atoms with E-state index in [1.54, 1.807) is 0 Å².